The standard InChI is InChI=1S/C11H15NO2/c13-10-6-7-11(14)12(10)8-9-4-2-1-3-5-9/h6-7,9H,1-5,8H2. The summed E-state index contributed by atoms with van der Waals surface area (Å²) in [5.74, 6) is 0.262. The molecule has 0 aromatic rings. The van der Waals surface area contributed by atoms with Gasteiger partial charge in [0.2, 0.25) is 0 Å². The molecule has 2 amide bonds. The van der Waals surface area contributed by atoms with E-state index < -0.39 is 0 Å². The van der Waals surface area contributed by atoms with Crippen LogP contribution >= 0.6 is 0 Å². The van der Waals surface area contributed by atoms with Crippen molar-refractivity contribution in [1.29, 1.82) is 0 Å². The molecule has 0 bridgehead atoms. The number of rotatable bonds is 2. The van der Waals surface area contributed by atoms with Crippen LogP contribution in [-0.2, 0) is 9.59 Å². The first-order chi connectivity index (χ1) is 6.77. The highest BCUT2D eigenvalue weighted by Gasteiger charge is 2.26. The Morgan fingerprint density at radius 1 is 1.07 bits per heavy atom. The Morgan fingerprint density at radius 2 is 1.64 bits per heavy atom. The summed E-state index contributed by atoms with van der Waals surface area (Å²) >= 11 is 0. The second-order valence-corrected chi connectivity index (χ2v) is 4.12. The average molecular weight is 193 g/mol. The smallest absolute Gasteiger partial charge is 0.253 e. The molecule has 2 rings (SSSR count). The fourth-order valence-electron chi connectivity index (χ4n) is 2.24. The fourth-order valence-corrected chi connectivity index (χ4v) is 2.24. The lowest BCUT2D eigenvalue weighted by Crippen LogP contribution is -2.35. The van der Waals surface area contributed by atoms with Crippen molar-refractivity contribution in [2.24, 2.45) is 5.92 Å². The molecule has 0 aromatic heterocycles. The van der Waals surface area contributed by atoms with Crippen LogP contribution in [0.2, 0.25) is 0 Å². The molecule has 0 N–H and O–H groups in total. The van der Waals surface area contributed by atoms with Crippen LogP contribution in [0, 0.1) is 5.92 Å². The molecule has 0 saturated heterocycles. The lowest BCUT2D eigenvalue weighted by molar-refractivity contribution is -0.137. The van der Waals surface area contributed by atoms with E-state index in [9.17, 15) is 9.59 Å². The molecule has 0 atom stereocenters. The van der Waals surface area contributed by atoms with Gasteiger partial charge in [0.05, 0.1) is 0 Å². The number of hydrogen-bond donors (Lipinski definition) is 0. The van der Waals surface area contributed by atoms with Gasteiger partial charge < -0.3 is 0 Å². The number of carbonyl (C=O) groups excluding carboxylic acids is 2. The molecular formula is C11H15NO2. The van der Waals surface area contributed by atoms with Crippen molar-refractivity contribution in [3.05, 3.63) is 12.2 Å². The van der Waals surface area contributed by atoms with Crippen molar-refractivity contribution in [1.82, 2.24) is 4.90 Å². The first kappa shape index (κ1) is 9.44. The van der Waals surface area contributed by atoms with Gasteiger partial charge in [-0.2, -0.15) is 0 Å². The maximum Gasteiger partial charge on any atom is 0.253 e. The van der Waals surface area contributed by atoms with E-state index in [0.29, 0.717) is 12.5 Å². The molecule has 0 radical (unpaired) electrons. The van der Waals surface area contributed by atoms with Crippen LogP contribution in [-0.4, -0.2) is 23.3 Å². The Labute approximate surface area is 83.8 Å². The molecule has 14 heavy (non-hydrogen) atoms. The van der Waals surface area contributed by atoms with Crippen LogP contribution in [0.4, 0.5) is 0 Å². The third kappa shape index (κ3) is 1.86. The molecule has 0 unspecified atom stereocenters. The summed E-state index contributed by atoms with van der Waals surface area (Å²) in [5.41, 5.74) is 0. The normalized spacial score (nSPS) is 23.6. The van der Waals surface area contributed by atoms with Crippen LogP contribution in [0.1, 0.15) is 32.1 Å². The Bertz CT molecular complexity index is 259. The first-order valence-electron chi connectivity index (χ1n) is 5.31. The summed E-state index contributed by atoms with van der Waals surface area (Å²) in [6.45, 7) is 0.630. The zero-order chi connectivity index (χ0) is 9.97. The average Bonchev–Trinajstić information content (AvgIpc) is 2.51. The van der Waals surface area contributed by atoms with E-state index >= 15 is 0 Å². The van der Waals surface area contributed by atoms with Gasteiger partial charge in [0.15, 0.2) is 0 Å². The van der Waals surface area contributed by atoms with Gasteiger partial charge in [0.25, 0.3) is 11.8 Å². The minimum atomic E-state index is -0.138. The number of carbonyl (C=O) groups is 2. The maximum atomic E-state index is 11.3. The minimum Gasteiger partial charge on any atom is -0.275 e. The highest BCUT2D eigenvalue weighted by molar-refractivity contribution is 6.12. The highest BCUT2D eigenvalue weighted by Crippen LogP contribution is 2.25. The van der Waals surface area contributed by atoms with Crippen LogP contribution in [0.15, 0.2) is 12.2 Å². The molecule has 76 valence electrons. The molecule has 1 aliphatic carbocycles. The predicted molar refractivity (Wildman–Crippen MR) is 52.4 cm³/mol. The molecule has 1 aliphatic heterocycles. The Balaban J connectivity index is 1.90. The van der Waals surface area contributed by atoms with Gasteiger partial charge in [0, 0.05) is 18.7 Å². The largest absolute Gasteiger partial charge is 0.275 e. The molecule has 3 heteroatoms. The van der Waals surface area contributed by atoms with Gasteiger partial charge in [-0.15, -0.1) is 0 Å². The summed E-state index contributed by atoms with van der Waals surface area (Å²) < 4.78 is 0. The summed E-state index contributed by atoms with van der Waals surface area (Å²) in [4.78, 5) is 23.9. The third-order valence-corrected chi connectivity index (χ3v) is 3.07. The maximum absolute atomic E-state index is 11.3. The highest BCUT2D eigenvalue weighted by atomic mass is 16.2. The summed E-state index contributed by atoms with van der Waals surface area (Å²) in [5, 5.41) is 0. The predicted octanol–water partition coefficient (Wildman–Crippen LogP) is 1.49. The van der Waals surface area contributed by atoms with E-state index in [2.05, 4.69) is 0 Å². The number of hydrogen-bond acceptors (Lipinski definition) is 2. The van der Waals surface area contributed by atoms with Crippen molar-refractivity contribution in [3.8, 4) is 0 Å². The van der Waals surface area contributed by atoms with Crippen molar-refractivity contribution in [2.45, 2.75) is 32.1 Å². The van der Waals surface area contributed by atoms with E-state index in [1.807, 2.05) is 0 Å². The van der Waals surface area contributed by atoms with E-state index in [0.717, 1.165) is 12.8 Å². The molecule has 0 aromatic carbocycles. The van der Waals surface area contributed by atoms with Crippen LogP contribution in [0.5, 0.6) is 0 Å². The lowest BCUT2D eigenvalue weighted by Gasteiger charge is -2.25. The zero-order valence-corrected chi connectivity index (χ0v) is 8.24. The van der Waals surface area contributed by atoms with E-state index in [4.69, 9.17) is 0 Å². The molecule has 1 saturated carbocycles. The SMILES string of the molecule is O=C1C=CC(=O)N1CC1CCCCC1. The molecule has 1 heterocycles. The molecule has 1 fully saturated rings. The van der Waals surface area contributed by atoms with Crippen LogP contribution < -0.4 is 0 Å². The van der Waals surface area contributed by atoms with E-state index in [1.54, 1.807) is 0 Å². The van der Waals surface area contributed by atoms with Crippen molar-refractivity contribution < 1.29 is 9.59 Å². The summed E-state index contributed by atoms with van der Waals surface area (Å²) in [6, 6.07) is 0. The molecule has 3 nitrogen and oxygen atoms in total. The number of amides is 2. The van der Waals surface area contributed by atoms with Gasteiger partial charge in [-0.05, 0) is 18.8 Å². The topological polar surface area (TPSA) is 37.4 Å². The number of imide groups is 1. The van der Waals surface area contributed by atoms with Crippen LogP contribution in [0.25, 0.3) is 0 Å². The van der Waals surface area contributed by atoms with Crippen molar-refractivity contribution in [2.75, 3.05) is 6.54 Å². The van der Waals surface area contributed by atoms with Gasteiger partial charge in [-0.3, -0.25) is 14.5 Å². The zero-order valence-electron chi connectivity index (χ0n) is 8.24. The minimum absolute atomic E-state index is 0.138. The third-order valence-electron chi connectivity index (χ3n) is 3.07. The van der Waals surface area contributed by atoms with Gasteiger partial charge in [-0.25, -0.2) is 0 Å². The second kappa shape index (κ2) is 3.95. The van der Waals surface area contributed by atoms with Crippen molar-refractivity contribution in [3.63, 3.8) is 0 Å². The summed E-state index contributed by atoms with van der Waals surface area (Å²) in [6.07, 6.45) is 8.85. The van der Waals surface area contributed by atoms with Crippen LogP contribution in [0.3, 0.4) is 0 Å². The second-order valence-electron chi connectivity index (χ2n) is 4.12. The first-order valence-corrected chi connectivity index (χ1v) is 5.31. The van der Waals surface area contributed by atoms with E-state index in [1.165, 1.54) is 36.3 Å². The summed E-state index contributed by atoms with van der Waals surface area (Å²) in [7, 11) is 0. The molecule has 0 spiro atoms. The molecular weight excluding hydrogens is 178 g/mol. The molecule has 2 aliphatic rings. The van der Waals surface area contributed by atoms with Crippen molar-refractivity contribution >= 4 is 11.8 Å². The quantitative estimate of drug-likeness (QED) is 0.623. The Morgan fingerprint density at radius 3 is 2.21 bits per heavy atom. The van der Waals surface area contributed by atoms with Gasteiger partial charge in [0.1, 0.15) is 0 Å². The Hall–Kier alpha value is -1.12. The monoisotopic (exact) mass is 193 g/mol. The lowest BCUT2D eigenvalue weighted by atomic mass is 9.89. The van der Waals surface area contributed by atoms with Gasteiger partial charge >= 0.3 is 0 Å². The fraction of sp³-hybridized carbons (Fsp3) is 0.636. The van der Waals surface area contributed by atoms with E-state index in [-0.39, 0.29) is 11.8 Å². The Kier molecular flexibility index (Phi) is 2.66. The number of nitrogens with zero attached hydrogens (tertiary/aromatic N) is 1. The van der Waals surface area contributed by atoms with Gasteiger partial charge in [-0.1, -0.05) is 19.3 Å².